The Morgan fingerprint density at radius 3 is 2.81 bits per heavy atom. The minimum absolute atomic E-state index is 0.0383. The fourth-order valence-corrected chi connectivity index (χ4v) is 2.77. The molecule has 0 unspecified atom stereocenters. The molecule has 2 heterocycles. The highest BCUT2D eigenvalue weighted by Gasteiger charge is 2.27. The van der Waals surface area contributed by atoms with Gasteiger partial charge in [-0.15, -0.1) is 0 Å². The second-order valence-corrected chi connectivity index (χ2v) is 5.03. The van der Waals surface area contributed by atoms with Gasteiger partial charge >= 0.3 is 5.97 Å². The Bertz CT molecular complexity index is 718. The van der Waals surface area contributed by atoms with Gasteiger partial charge in [0.1, 0.15) is 5.69 Å². The maximum Gasteiger partial charge on any atom is 0.335 e. The van der Waals surface area contributed by atoms with E-state index in [1.165, 1.54) is 0 Å². The van der Waals surface area contributed by atoms with Crippen LogP contribution >= 0.6 is 0 Å². The van der Waals surface area contributed by atoms with E-state index in [1.54, 1.807) is 23.1 Å². The number of carbonyl (C=O) groups excluding carboxylic acids is 1. The lowest BCUT2D eigenvalue weighted by atomic mass is 10.1. The van der Waals surface area contributed by atoms with E-state index < -0.39 is 5.97 Å². The highest BCUT2D eigenvalue weighted by atomic mass is 16.4. The van der Waals surface area contributed by atoms with E-state index in [4.69, 9.17) is 5.11 Å². The van der Waals surface area contributed by atoms with Crippen LogP contribution in [0.15, 0.2) is 36.5 Å². The van der Waals surface area contributed by atoms with Crippen LogP contribution in [0.1, 0.15) is 33.3 Å². The lowest BCUT2D eigenvalue weighted by Gasteiger charge is -2.18. The van der Waals surface area contributed by atoms with Gasteiger partial charge in [-0.1, -0.05) is 0 Å². The van der Waals surface area contributed by atoms with Crippen LogP contribution in [-0.4, -0.2) is 28.1 Å². The van der Waals surface area contributed by atoms with Gasteiger partial charge in [-0.2, -0.15) is 0 Å². The molecule has 0 atom stereocenters. The fraction of sp³-hybridized carbons (Fsp3) is 0.250. The third-order valence-electron chi connectivity index (χ3n) is 3.86. The van der Waals surface area contributed by atoms with Crippen LogP contribution in [-0.2, 0) is 13.0 Å². The van der Waals surface area contributed by atoms with Gasteiger partial charge in [-0.05, 0) is 49.2 Å². The maximum absolute atomic E-state index is 12.7. The molecule has 1 amide bonds. The molecule has 0 saturated carbocycles. The zero-order valence-electron chi connectivity index (χ0n) is 11.7. The molecule has 108 valence electrons. The second kappa shape index (κ2) is 5.09. The molecule has 1 N–H and O–H groups in total. The average molecular weight is 284 g/mol. The number of carboxylic acid groups (broad SMARTS) is 1. The van der Waals surface area contributed by atoms with Gasteiger partial charge in [0.25, 0.3) is 5.91 Å². The number of nitrogens with zero attached hydrogens (tertiary/aromatic N) is 2. The predicted molar refractivity (Wildman–Crippen MR) is 78.9 cm³/mol. The standard InChI is InChI=1S/C16H16N2O3/c1-2-17-8-3-4-14(17)15(19)18-9-7-11-10-12(16(20)21)5-6-13(11)18/h3-6,8,10H,2,7,9H2,1H3,(H,20,21). The number of aromatic carboxylic acids is 1. The summed E-state index contributed by atoms with van der Waals surface area (Å²) in [6.07, 6.45) is 2.58. The minimum Gasteiger partial charge on any atom is -0.478 e. The van der Waals surface area contributed by atoms with Crippen molar-refractivity contribution in [2.24, 2.45) is 0 Å². The first-order chi connectivity index (χ1) is 10.1. The lowest BCUT2D eigenvalue weighted by Crippen LogP contribution is -2.30. The molecule has 5 nitrogen and oxygen atoms in total. The highest BCUT2D eigenvalue weighted by Crippen LogP contribution is 2.30. The van der Waals surface area contributed by atoms with Crippen LogP contribution in [0, 0.1) is 0 Å². The zero-order valence-corrected chi connectivity index (χ0v) is 11.7. The summed E-state index contributed by atoms with van der Waals surface area (Å²) in [5, 5.41) is 9.03. The first kappa shape index (κ1) is 13.4. The topological polar surface area (TPSA) is 62.5 Å². The van der Waals surface area contributed by atoms with Crippen molar-refractivity contribution < 1.29 is 14.7 Å². The number of aryl methyl sites for hydroxylation is 1. The summed E-state index contributed by atoms with van der Waals surface area (Å²) in [4.78, 5) is 25.4. The molecule has 0 saturated heterocycles. The molecule has 5 heteroatoms. The van der Waals surface area contributed by atoms with E-state index in [2.05, 4.69) is 0 Å². The summed E-state index contributed by atoms with van der Waals surface area (Å²) < 4.78 is 1.91. The molecular weight excluding hydrogens is 268 g/mol. The molecule has 1 aromatic heterocycles. The SMILES string of the molecule is CCn1cccc1C(=O)N1CCc2cc(C(=O)O)ccc21. The van der Waals surface area contributed by atoms with E-state index in [1.807, 2.05) is 29.8 Å². The van der Waals surface area contributed by atoms with Gasteiger partial charge in [0, 0.05) is 25.0 Å². The smallest absolute Gasteiger partial charge is 0.335 e. The lowest BCUT2D eigenvalue weighted by molar-refractivity contribution is 0.0696. The van der Waals surface area contributed by atoms with E-state index in [9.17, 15) is 9.59 Å². The molecular formula is C16H16N2O3. The van der Waals surface area contributed by atoms with E-state index in [-0.39, 0.29) is 11.5 Å². The van der Waals surface area contributed by atoms with Crippen LogP contribution in [0.5, 0.6) is 0 Å². The second-order valence-electron chi connectivity index (χ2n) is 5.03. The monoisotopic (exact) mass is 284 g/mol. The number of anilines is 1. The number of rotatable bonds is 3. The molecule has 21 heavy (non-hydrogen) atoms. The molecule has 0 fully saturated rings. The number of amides is 1. The Labute approximate surface area is 122 Å². The largest absolute Gasteiger partial charge is 0.478 e. The number of benzene rings is 1. The Kier molecular flexibility index (Phi) is 3.25. The van der Waals surface area contributed by atoms with Crippen LogP contribution in [0.25, 0.3) is 0 Å². The molecule has 1 aliphatic heterocycles. The van der Waals surface area contributed by atoms with Gasteiger partial charge in [0.15, 0.2) is 0 Å². The van der Waals surface area contributed by atoms with Crippen molar-refractivity contribution in [1.29, 1.82) is 0 Å². The van der Waals surface area contributed by atoms with Crippen LogP contribution in [0.3, 0.4) is 0 Å². The fourth-order valence-electron chi connectivity index (χ4n) is 2.77. The molecule has 3 rings (SSSR count). The van der Waals surface area contributed by atoms with Crippen LogP contribution in [0.2, 0.25) is 0 Å². The summed E-state index contributed by atoms with van der Waals surface area (Å²) in [6, 6.07) is 8.61. The first-order valence-electron chi connectivity index (χ1n) is 6.95. The zero-order chi connectivity index (χ0) is 15.0. The summed E-state index contributed by atoms with van der Waals surface area (Å²) in [6.45, 7) is 3.33. The minimum atomic E-state index is -0.942. The van der Waals surface area contributed by atoms with E-state index >= 15 is 0 Å². The van der Waals surface area contributed by atoms with Gasteiger partial charge < -0.3 is 14.6 Å². The summed E-state index contributed by atoms with van der Waals surface area (Å²) in [5.41, 5.74) is 2.65. The number of fused-ring (bicyclic) bond motifs is 1. The van der Waals surface area contributed by atoms with Crippen molar-refractivity contribution in [2.75, 3.05) is 11.4 Å². The van der Waals surface area contributed by atoms with E-state index in [0.717, 1.165) is 17.8 Å². The van der Waals surface area contributed by atoms with Crippen LogP contribution < -0.4 is 4.90 Å². The number of aromatic nitrogens is 1. The maximum atomic E-state index is 12.7. The van der Waals surface area contributed by atoms with Crippen molar-refractivity contribution in [3.8, 4) is 0 Å². The third-order valence-corrected chi connectivity index (χ3v) is 3.86. The Morgan fingerprint density at radius 1 is 1.29 bits per heavy atom. The number of carboxylic acids is 1. The molecule has 0 aliphatic carbocycles. The third kappa shape index (κ3) is 2.20. The quantitative estimate of drug-likeness (QED) is 0.941. The van der Waals surface area contributed by atoms with Crippen molar-refractivity contribution in [3.05, 3.63) is 53.3 Å². The molecule has 0 radical (unpaired) electrons. The van der Waals surface area contributed by atoms with Crippen molar-refractivity contribution in [1.82, 2.24) is 4.57 Å². The van der Waals surface area contributed by atoms with Crippen molar-refractivity contribution in [3.63, 3.8) is 0 Å². The Hall–Kier alpha value is -2.56. The van der Waals surface area contributed by atoms with Gasteiger partial charge in [-0.3, -0.25) is 4.79 Å². The molecule has 0 spiro atoms. The summed E-state index contributed by atoms with van der Waals surface area (Å²) in [7, 11) is 0. The molecule has 1 aromatic carbocycles. The number of carbonyl (C=O) groups is 2. The summed E-state index contributed by atoms with van der Waals surface area (Å²) >= 11 is 0. The highest BCUT2D eigenvalue weighted by molar-refractivity contribution is 6.06. The first-order valence-corrected chi connectivity index (χ1v) is 6.95. The number of hydrogen-bond acceptors (Lipinski definition) is 2. The van der Waals surface area contributed by atoms with Crippen molar-refractivity contribution in [2.45, 2.75) is 19.9 Å². The molecule has 1 aliphatic rings. The Morgan fingerprint density at radius 2 is 2.10 bits per heavy atom. The average Bonchev–Trinajstić information content (AvgIpc) is 3.12. The van der Waals surface area contributed by atoms with Gasteiger partial charge in [0.05, 0.1) is 5.56 Å². The van der Waals surface area contributed by atoms with Gasteiger partial charge in [-0.25, -0.2) is 4.79 Å². The Balaban J connectivity index is 1.94. The van der Waals surface area contributed by atoms with E-state index in [0.29, 0.717) is 18.7 Å². The number of hydrogen-bond donors (Lipinski definition) is 1. The van der Waals surface area contributed by atoms with Crippen molar-refractivity contribution >= 4 is 17.6 Å². The summed E-state index contributed by atoms with van der Waals surface area (Å²) in [5.74, 6) is -0.980. The predicted octanol–water partition coefficient (Wildman–Crippen LogP) is 2.41. The van der Waals surface area contributed by atoms with Crippen LogP contribution in [0.4, 0.5) is 5.69 Å². The van der Waals surface area contributed by atoms with Gasteiger partial charge in [0.2, 0.25) is 0 Å². The normalized spacial score (nSPS) is 13.3. The molecule has 2 aromatic rings. The molecule has 0 bridgehead atoms.